The summed E-state index contributed by atoms with van der Waals surface area (Å²) in [6.07, 6.45) is 4.30. The van der Waals surface area contributed by atoms with Crippen molar-refractivity contribution in [1.82, 2.24) is 4.90 Å². The van der Waals surface area contributed by atoms with Crippen molar-refractivity contribution in [3.05, 3.63) is 0 Å². The number of aliphatic carboxylic acids is 1. The lowest BCUT2D eigenvalue weighted by Gasteiger charge is -2.25. The van der Waals surface area contributed by atoms with Gasteiger partial charge in [-0.15, -0.1) is 0 Å². The zero-order chi connectivity index (χ0) is 16.0. The van der Waals surface area contributed by atoms with Crippen LogP contribution in [0.4, 0.5) is 0 Å². The van der Waals surface area contributed by atoms with Gasteiger partial charge in [0, 0.05) is 19.0 Å². The maximum absolute atomic E-state index is 12.3. The van der Waals surface area contributed by atoms with Crippen molar-refractivity contribution in [2.45, 2.75) is 37.2 Å². The number of likely N-dealkylation sites (tertiary alicyclic amines) is 1. The molecule has 0 aromatic heterocycles. The van der Waals surface area contributed by atoms with Gasteiger partial charge < -0.3 is 21.5 Å². The van der Waals surface area contributed by atoms with Crippen LogP contribution in [-0.4, -0.2) is 66.4 Å². The van der Waals surface area contributed by atoms with Crippen molar-refractivity contribution in [1.29, 1.82) is 0 Å². The van der Waals surface area contributed by atoms with Crippen LogP contribution >= 0.6 is 11.8 Å². The molecule has 8 heteroatoms. The second kappa shape index (κ2) is 8.05. The number of carboxylic acids is 1. The van der Waals surface area contributed by atoms with Crippen LogP contribution in [0.3, 0.4) is 0 Å². The van der Waals surface area contributed by atoms with E-state index in [1.165, 1.54) is 4.90 Å². The molecule has 1 saturated heterocycles. The third-order valence-electron chi connectivity index (χ3n) is 4.04. The highest BCUT2D eigenvalue weighted by atomic mass is 32.2. The van der Waals surface area contributed by atoms with E-state index < -0.39 is 17.6 Å². The summed E-state index contributed by atoms with van der Waals surface area (Å²) in [7, 11) is 5.48. The average Bonchev–Trinajstić information content (AvgIpc) is 2.80. The number of nitrogens with zero attached hydrogens (tertiary/aromatic N) is 1. The van der Waals surface area contributed by atoms with E-state index in [4.69, 9.17) is 19.3 Å². The van der Waals surface area contributed by atoms with E-state index in [0.717, 1.165) is 5.75 Å². The SMILES string of the molecule is [B]CCC[C@H]1CN(C(=O)[C@@H](N)CCSC)C[C@@]1(N)C(=O)O. The fourth-order valence-electron chi connectivity index (χ4n) is 2.66. The van der Waals surface area contributed by atoms with Crippen LogP contribution in [0.5, 0.6) is 0 Å². The minimum absolute atomic E-state index is 0.0172. The standard InChI is InChI=1S/C13H24BN3O3S/c1-21-6-4-10(15)11(18)17-7-9(3-2-5-14)13(16,8-17)12(19)20/h9-10H,2-8,15-16H2,1H3,(H,19,20)/t9-,10-,13-/m0/s1. The van der Waals surface area contributed by atoms with Crippen LogP contribution in [0.25, 0.3) is 0 Å². The predicted octanol–water partition coefficient (Wildman–Crippen LogP) is -0.326. The van der Waals surface area contributed by atoms with Gasteiger partial charge in [0.25, 0.3) is 0 Å². The van der Waals surface area contributed by atoms with Crippen LogP contribution in [0.1, 0.15) is 19.3 Å². The molecule has 0 saturated carbocycles. The van der Waals surface area contributed by atoms with Crippen molar-refractivity contribution in [3.8, 4) is 0 Å². The number of nitrogens with two attached hydrogens (primary N) is 2. The summed E-state index contributed by atoms with van der Waals surface area (Å²) in [5.74, 6) is -0.771. The average molecular weight is 313 g/mol. The molecule has 3 atom stereocenters. The summed E-state index contributed by atoms with van der Waals surface area (Å²) in [6.45, 7) is 0.359. The topological polar surface area (TPSA) is 110 Å². The normalized spacial score (nSPS) is 26.8. The zero-order valence-corrected chi connectivity index (χ0v) is 13.3. The van der Waals surface area contributed by atoms with E-state index in [1.807, 2.05) is 6.26 Å². The van der Waals surface area contributed by atoms with E-state index in [0.29, 0.717) is 32.1 Å². The lowest BCUT2D eigenvalue weighted by atomic mass is 9.83. The molecule has 0 aromatic carbocycles. The van der Waals surface area contributed by atoms with Gasteiger partial charge in [-0.2, -0.15) is 11.8 Å². The lowest BCUT2D eigenvalue weighted by Crippen LogP contribution is -2.55. The Morgan fingerprint density at radius 3 is 2.76 bits per heavy atom. The van der Waals surface area contributed by atoms with Gasteiger partial charge in [0.05, 0.1) is 13.9 Å². The van der Waals surface area contributed by atoms with Crippen LogP contribution < -0.4 is 11.5 Å². The van der Waals surface area contributed by atoms with Gasteiger partial charge in [0.1, 0.15) is 5.54 Å². The quantitative estimate of drug-likeness (QED) is 0.530. The Morgan fingerprint density at radius 1 is 1.57 bits per heavy atom. The van der Waals surface area contributed by atoms with E-state index in [9.17, 15) is 14.7 Å². The van der Waals surface area contributed by atoms with Crippen molar-refractivity contribution < 1.29 is 14.7 Å². The van der Waals surface area contributed by atoms with Crippen molar-refractivity contribution in [2.75, 3.05) is 25.1 Å². The molecule has 0 aliphatic carbocycles. The summed E-state index contributed by atoms with van der Waals surface area (Å²) in [5.41, 5.74) is 10.5. The van der Waals surface area contributed by atoms with Crippen molar-refractivity contribution in [2.24, 2.45) is 17.4 Å². The van der Waals surface area contributed by atoms with E-state index in [-0.39, 0.29) is 18.4 Å². The molecule has 5 N–H and O–H groups in total. The first-order valence-electron chi connectivity index (χ1n) is 7.12. The largest absolute Gasteiger partial charge is 0.480 e. The summed E-state index contributed by atoms with van der Waals surface area (Å²) in [4.78, 5) is 25.3. The van der Waals surface area contributed by atoms with Gasteiger partial charge >= 0.3 is 5.97 Å². The van der Waals surface area contributed by atoms with Gasteiger partial charge in [0.2, 0.25) is 5.91 Å². The number of carbonyl (C=O) groups excluding carboxylic acids is 1. The Bertz CT molecular complexity index is 386. The maximum atomic E-state index is 12.3. The molecule has 2 radical (unpaired) electrons. The van der Waals surface area contributed by atoms with Gasteiger partial charge in [-0.05, 0) is 24.9 Å². The highest BCUT2D eigenvalue weighted by molar-refractivity contribution is 7.98. The molecule has 1 heterocycles. The smallest absolute Gasteiger partial charge is 0.325 e. The molecule has 6 nitrogen and oxygen atoms in total. The first-order valence-corrected chi connectivity index (χ1v) is 8.51. The lowest BCUT2D eigenvalue weighted by molar-refractivity contribution is -0.144. The monoisotopic (exact) mass is 313 g/mol. The Balaban J connectivity index is 2.74. The van der Waals surface area contributed by atoms with Crippen molar-refractivity contribution >= 4 is 31.5 Å². The highest BCUT2D eigenvalue weighted by Crippen LogP contribution is 2.30. The molecule has 1 rings (SSSR count). The summed E-state index contributed by atoms with van der Waals surface area (Å²) in [5, 5.41) is 9.39. The second-order valence-corrected chi connectivity index (χ2v) is 6.57. The van der Waals surface area contributed by atoms with Crippen LogP contribution in [0, 0.1) is 5.92 Å². The molecule has 21 heavy (non-hydrogen) atoms. The summed E-state index contributed by atoms with van der Waals surface area (Å²) < 4.78 is 0. The van der Waals surface area contributed by atoms with Gasteiger partial charge in [-0.3, -0.25) is 9.59 Å². The molecule has 1 aliphatic rings. The predicted molar refractivity (Wildman–Crippen MR) is 85.4 cm³/mol. The molecular formula is C13H24BN3O3S. The number of hydrogen-bond acceptors (Lipinski definition) is 5. The maximum Gasteiger partial charge on any atom is 0.325 e. The second-order valence-electron chi connectivity index (χ2n) is 5.58. The molecule has 0 bridgehead atoms. The number of amides is 1. The van der Waals surface area contributed by atoms with E-state index in [1.54, 1.807) is 11.8 Å². The third kappa shape index (κ3) is 4.37. The Kier molecular flexibility index (Phi) is 7.03. The molecule has 1 amide bonds. The third-order valence-corrected chi connectivity index (χ3v) is 4.68. The number of rotatable bonds is 8. The molecule has 0 spiro atoms. The summed E-state index contributed by atoms with van der Waals surface area (Å²) >= 11 is 1.62. The van der Waals surface area contributed by atoms with Crippen molar-refractivity contribution in [3.63, 3.8) is 0 Å². The zero-order valence-electron chi connectivity index (χ0n) is 12.5. The van der Waals surface area contributed by atoms with Gasteiger partial charge in [0.15, 0.2) is 0 Å². The van der Waals surface area contributed by atoms with E-state index >= 15 is 0 Å². The van der Waals surface area contributed by atoms with Crippen LogP contribution in [0.2, 0.25) is 6.32 Å². The molecular weight excluding hydrogens is 289 g/mol. The van der Waals surface area contributed by atoms with E-state index in [2.05, 4.69) is 0 Å². The number of carboxylic acid groups (broad SMARTS) is 1. The number of thioether (sulfide) groups is 1. The van der Waals surface area contributed by atoms with Gasteiger partial charge in [-0.1, -0.05) is 12.7 Å². The Hall–Kier alpha value is -0.725. The fraction of sp³-hybridized carbons (Fsp3) is 0.846. The first-order chi connectivity index (χ1) is 9.86. The minimum Gasteiger partial charge on any atom is -0.480 e. The molecule has 0 aromatic rings. The molecule has 1 fully saturated rings. The highest BCUT2D eigenvalue weighted by Gasteiger charge is 2.50. The van der Waals surface area contributed by atoms with Gasteiger partial charge in [-0.25, -0.2) is 0 Å². The van der Waals surface area contributed by atoms with Crippen LogP contribution in [0.15, 0.2) is 0 Å². The first kappa shape index (κ1) is 18.3. The molecule has 0 unspecified atom stereocenters. The van der Waals surface area contributed by atoms with Crippen LogP contribution in [-0.2, 0) is 9.59 Å². The Labute approximate surface area is 131 Å². The molecule has 1 aliphatic heterocycles. The fourth-order valence-corrected chi connectivity index (χ4v) is 3.15. The number of hydrogen-bond donors (Lipinski definition) is 3. The number of carbonyl (C=O) groups is 2. The summed E-state index contributed by atoms with van der Waals surface area (Å²) in [6, 6.07) is -0.594. The minimum atomic E-state index is -1.40. The Morgan fingerprint density at radius 2 is 2.24 bits per heavy atom. The molecule has 118 valence electrons.